The molecule has 2 aromatic rings. The Morgan fingerprint density at radius 2 is 1.76 bits per heavy atom. The highest BCUT2D eigenvalue weighted by atomic mass is 16.5. The highest BCUT2D eigenvalue weighted by Crippen LogP contribution is 2.24. The van der Waals surface area contributed by atoms with Crippen molar-refractivity contribution in [2.24, 2.45) is 0 Å². The molecule has 1 N–H and O–H groups in total. The van der Waals surface area contributed by atoms with Crippen molar-refractivity contribution in [3.63, 3.8) is 0 Å². The maximum atomic E-state index is 12.1. The smallest absolute Gasteiger partial charge is 0.262 e. The number of benzene rings is 2. The van der Waals surface area contributed by atoms with Crippen LogP contribution in [0.1, 0.15) is 42.6 Å². The SMILES string of the molecule is COc1ccc(OCC(=O)Nc2ccc(C(C)C)cc2)c(C(C)=O)c1. The molecule has 0 aliphatic heterocycles. The van der Waals surface area contributed by atoms with Crippen LogP contribution < -0.4 is 14.8 Å². The molecule has 2 aromatic carbocycles. The summed E-state index contributed by atoms with van der Waals surface area (Å²) in [5.41, 5.74) is 2.30. The standard InChI is InChI=1S/C20H23NO4/c1-13(2)15-5-7-16(8-6-15)21-20(23)12-25-19-10-9-17(24-4)11-18(19)14(3)22/h5-11,13H,12H2,1-4H3,(H,21,23). The number of rotatable bonds is 7. The molecular formula is C20H23NO4. The highest BCUT2D eigenvalue weighted by molar-refractivity contribution is 5.97. The summed E-state index contributed by atoms with van der Waals surface area (Å²) in [4.78, 5) is 23.8. The van der Waals surface area contributed by atoms with E-state index < -0.39 is 0 Å². The molecule has 0 aliphatic carbocycles. The third-order valence-electron chi connectivity index (χ3n) is 3.79. The molecule has 2 rings (SSSR count). The molecule has 132 valence electrons. The fraction of sp³-hybridized carbons (Fsp3) is 0.300. The van der Waals surface area contributed by atoms with Crippen LogP contribution in [0.4, 0.5) is 5.69 Å². The largest absolute Gasteiger partial charge is 0.497 e. The lowest BCUT2D eigenvalue weighted by Crippen LogP contribution is -2.20. The van der Waals surface area contributed by atoms with Gasteiger partial charge >= 0.3 is 0 Å². The number of carbonyl (C=O) groups is 2. The van der Waals surface area contributed by atoms with Crippen LogP contribution in [0, 0.1) is 0 Å². The average Bonchev–Trinajstić information content (AvgIpc) is 2.60. The Balaban J connectivity index is 1.99. The molecule has 5 nitrogen and oxygen atoms in total. The van der Waals surface area contributed by atoms with Gasteiger partial charge in [-0.3, -0.25) is 9.59 Å². The lowest BCUT2D eigenvalue weighted by molar-refractivity contribution is -0.118. The maximum Gasteiger partial charge on any atom is 0.262 e. The van der Waals surface area contributed by atoms with Crippen molar-refractivity contribution in [1.29, 1.82) is 0 Å². The summed E-state index contributed by atoms with van der Waals surface area (Å²) in [6.07, 6.45) is 0. The fourth-order valence-electron chi connectivity index (χ4n) is 2.33. The van der Waals surface area contributed by atoms with Gasteiger partial charge in [0.1, 0.15) is 11.5 Å². The second kappa shape index (κ2) is 8.33. The molecule has 25 heavy (non-hydrogen) atoms. The Labute approximate surface area is 148 Å². The van der Waals surface area contributed by atoms with Crippen molar-refractivity contribution in [3.05, 3.63) is 53.6 Å². The van der Waals surface area contributed by atoms with E-state index in [9.17, 15) is 9.59 Å². The molecule has 0 aromatic heterocycles. The van der Waals surface area contributed by atoms with Gasteiger partial charge in [0.05, 0.1) is 12.7 Å². The number of methoxy groups -OCH3 is 1. The Bertz CT molecular complexity index is 751. The zero-order chi connectivity index (χ0) is 18.4. The van der Waals surface area contributed by atoms with Crippen LogP contribution in [0.15, 0.2) is 42.5 Å². The molecule has 0 unspecified atom stereocenters. The number of amides is 1. The molecule has 0 spiro atoms. The van der Waals surface area contributed by atoms with Crippen LogP contribution in [0.2, 0.25) is 0 Å². The van der Waals surface area contributed by atoms with Crippen LogP contribution in [0.5, 0.6) is 11.5 Å². The summed E-state index contributed by atoms with van der Waals surface area (Å²) in [5, 5.41) is 2.78. The van der Waals surface area contributed by atoms with E-state index in [4.69, 9.17) is 9.47 Å². The van der Waals surface area contributed by atoms with Gasteiger partial charge in [-0.1, -0.05) is 26.0 Å². The third kappa shape index (κ3) is 5.08. The van der Waals surface area contributed by atoms with Gasteiger partial charge < -0.3 is 14.8 Å². The number of hydrogen-bond donors (Lipinski definition) is 1. The zero-order valence-electron chi connectivity index (χ0n) is 15.0. The summed E-state index contributed by atoms with van der Waals surface area (Å²) >= 11 is 0. The molecular weight excluding hydrogens is 318 g/mol. The van der Waals surface area contributed by atoms with Crippen molar-refractivity contribution in [2.45, 2.75) is 26.7 Å². The first kappa shape index (κ1) is 18.5. The lowest BCUT2D eigenvalue weighted by Gasteiger charge is -2.12. The molecule has 0 bridgehead atoms. The molecule has 0 saturated heterocycles. The van der Waals surface area contributed by atoms with E-state index in [1.165, 1.54) is 19.6 Å². The second-order valence-electron chi connectivity index (χ2n) is 6.03. The van der Waals surface area contributed by atoms with E-state index in [1.54, 1.807) is 18.2 Å². The number of anilines is 1. The normalized spacial score (nSPS) is 10.4. The predicted octanol–water partition coefficient (Wildman–Crippen LogP) is 4.04. The number of Topliss-reactive ketones (excluding diaryl/α,β-unsaturated/α-hetero) is 1. The minimum Gasteiger partial charge on any atom is -0.497 e. The molecule has 0 aliphatic rings. The van der Waals surface area contributed by atoms with E-state index >= 15 is 0 Å². The van der Waals surface area contributed by atoms with Crippen molar-refractivity contribution in [2.75, 3.05) is 19.0 Å². The van der Waals surface area contributed by atoms with Crippen LogP contribution in [-0.4, -0.2) is 25.4 Å². The highest BCUT2D eigenvalue weighted by Gasteiger charge is 2.12. The van der Waals surface area contributed by atoms with Crippen LogP contribution in [0.25, 0.3) is 0 Å². The Hall–Kier alpha value is -2.82. The quantitative estimate of drug-likeness (QED) is 0.772. The van der Waals surface area contributed by atoms with Gasteiger partial charge in [0, 0.05) is 5.69 Å². The molecule has 0 saturated carbocycles. The first-order chi connectivity index (χ1) is 11.9. The third-order valence-corrected chi connectivity index (χ3v) is 3.79. The maximum absolute atomic E-state index is 12.1. The molecule has 5 heteroatoms. The van der Waals surface area contributed by atoms with Crippen molar-refractivity contribution in [1.82, 2.24) is 0 Å². The van der Waals surface area contributed by atoms with E-state index in [0.717, 1.165) is 0 Å². The number of nitrogens with one attached hydrogen (secondary N) is 1. The van der Waals surface area contributed by atoms with Gasteiger partial charge in [-0.25, -0.2) is 0 Å². The van der Waals surface area contributed by atoms with E-state index in [0.29, 0.717) is 28.7 Å². The summed E-state index contributed by atoms with van der Waals surface area (Å²) in [7, 11) is 1.53. The van der Waals surface area contributed by atoms with Crippen LogP contribution in [-0.2, 0) is 4.79 Å². The molecule has 0 heterocycles. The molecule has 0 fully saturated rings. The van der Waals surface area contributed by atoms with E-state index in [1.807, 2.05) is 24.3 Å². The molecule has 0 radical (unpaired) electrons. The minimum atomic E-state index is -0.289. The topological polar surface area (TPSA) is 64.6 Å². The minimum absolute atomic E-state index is 0.154. The summed E-state index contributed by atoms with van der Waals surface area (Å²) in [6, 6.07) is 12.6. The van der Waals surface area contributed by atoms with Crippen molar-refractivity contribution < 1.29 is 19.1 Å². The summed E-state index contributed by atoms with van der Waals surface area (Å²) < 4.78 is 10.6. The Morgan fingerprint density at radius 3 is 2.32 bits per heavy atom. The first-order valence-corrected chi connectivity index (χ1v) is 8.12. The molecule has 0 atom stereocenters. The summed E-state index contributed by atoms with van der Waals surface area (Å²) in [6.45, 7) is 5.49. The Kier molecular flexibility index (Phi) is 6.17. The van der Waals surface area contributed by atoms with Gasteiger partial charge in [-0.05, 0) is 48.7 Å². The fourth-order valence-corrected chi connectivity index (χ4v) is 2.33. The van der Waals surface area contributed by atoms with Gasteiger partial charge in [0.25, 0.3) is 5.91 Å². The van der Waals surface area contributed by atoms with Gasteiger partial charge in [-0.15, -0.1) is 0 Å². The van der Waals surface area contributed by atoms with E-state index in [2.05, 4.69) is 19.2 Å². The van der Waals surface area contributed by atoms with Gasteiger partial charge in [-0.2, -0.15) is 0 Å². The van der Waals surface area contributed by atoms with Gasteiger partial charge in [0.2, 0.25) is 0 Å². The Morgan fingerprint density at radius 1 is 1.08 bits per heavy atom. The van der Waals surface area contributed by atoms with Crippen LogP contribution in [0.3, 0.4) is 0 Å². The number of ether oxygens (including phenoxy) is 2. The number of carbonyl (C=O) groups excluding carboxylic acids is 2. The number of hydrogen-bond acceptors (Lipinski definition) is 4. The lowest BCUT2D eigenvalue weighted by atomic mass is 10.0. The monoisotopic (exact) mass is 341 g/mol. The average molecular weight is 341 g/mol. The van der Waals surface area contributed by atoms with Crippen LogP contribution >= 0.6 is 0 Å². The summed E-state index contributed by atoms with van der Waals surface area (Å²) in [5.74, 6) is 0.917. The first-order valence-electron chi connectivity index (χ1n) is 8.12. The van der Waals surface area contributed by atoms with Crippen molar-refractivity contribution in [3.8, 4) is 11.5 Å². The van der Waals surface area contributed by atoms with Crippen molar-refractivity contribution >= 4 is 17.4 Å². The second-order valence-corrected chi connectivity index (χ2v) is 6.03. The predicted molar refractivity (Wildman–Crippen MR) is 97.7 cm³/mol. The zero-order valence-corrected chi connectivity index (χ0v) is 15.0. The van der Waals surface area contributed by atoms with Gasteiger partial charge in [0.15, 0.2) is 12.4 Å². The van der Waals surface area contributed by atoms with E-state index in [-0.39, 0.29) is 18.3 Å². The molecule has 1 amide bonds. The number of ketones is 1.